The second kappa shape index (κ2) is 5.56. The number of rotatable bonds is 4. The first-order valence-corrected chi connectivity index (χ1v) is 5.95. The summed E-state index contributed by atoms with van der Waals surface area (Å²) in [5.41, 5.74) is 3.06. The maximum atomic E-state index is 9.53. The third kappa shape index (κ3) is 2.81. The van der Waals surface area contributed by atoms with E-state index in [9.17, 15) is 10.2 Å². The van der Waals surface area contributed by atoms with Crippen LogP contribution in [0.1, 0.15) is 5.56 Å². The highest BCUT2D eigenvalue weighted by Crippen LogP contribution is 2.27. The van der Waals surface area contributed by atoms with E-state index in [4.69, 9.17) is 0 Å². The van der Waals surface area contributed by atoms with Gasteiger partial charge in [0.15, 0.2) is 0 Å². The van der Waals surface area contributed by atoms with Gasteiger partial charge in [0.25, 0.3) is 0 Å². The van der Waals surface area contributed by atoms with Crippen LogP contribution in [-0.4, -0.2) is 23.4 Å². The van der Waals surface area contributed by atoms with Crippen LogP contribution < -0.4 is 4.90 Å². The lowest BCUT2D eigenvalue weighted by molar-refractivity contribution is 0.305. The molecule has 94 valence electrons. The second-order valence-corrected chi connectivity index (χ2v) is 4.23. The van der Waals surface area contributed by atoms with Gasteiger partial charge in [-0.05, 0) is 31.2 Å². The lowest BCUT2D eigenvalue weighted by Gasteiger charge is -2.24. The van der Waals surface area contributed by atoms with Crippen molar-refractivity contribution in [2.75, 3.05) is 18.1 Å². The summed E-state index contributed by atoms with van der Waals surface area (Å²) >= 11 is 0. The van der Waals surface area contributed by atoms with Gasteiger partial charge < -0.3 is 15.1 Å². The molecule has 3 nitrogen and oxygen atoms in total. The number of anilines is 2. The molecule has 0 fully saturated rings. The molecule has 0 radical (unpaired) electrons. The molecule has 0 aliphatic carbocycles. The summed E-state index contributed by atoms with van der Waals surface area (Å²) in [5.74, 6) is 0.225. The van der Waals surface area contributed by atoms with Crippen LogP contribution in [0.25, 0.3) is 0 Å². The molecule has 0 bridgehead atoms. The largest absolute Gasteiger partial charge is 0.508 e. The number of aryl methyl sites for hydroxylation is 1. The zero-order valence-corrected chi connectivity index (χ0v) is 10.4. The molecule has 0 aliphatic heterocycles. The van der Waals surface area contributed by atoms with E-state index in [2.05, 4.69) is 0 Å². The summed E-state index contributed by atoms with van der Waals surface area (Å²) in [6, 6.07) is 15.1. The summed E-state index contributed by atoms with van der Waals surface area (Å²) in [5, 5.41) is 18.7. The second-order valence-electron chi connectivity index (χ2n) is 4.23. The maximum absolute atomic E-state index is 9.53. The third-order valence-corrected chi connectivity index (χ3v) is 2.81. The SMILES string of the molecule is Cc1ccc(N(CCO)c2cccc(O)c2)cc1. The Morgan fingerprint density at radius 2 is 1.72 bits per heavy atom. The molecule has 2 aromatic carbocycles. The van der Waals surface area contributed by atoms with Crippen molar-refractivity contribution < 1.29 is 10.2 Å². The lowest BCUT2D eigenvalue weighted by Crippen LogP contribution is -2.20. The van der Waals surface area contributed by atoms with E-state index < -0.39 is 0 Å². The van der Waals surface area contributed by atoms with Gasteiger partial charge in [0.05, 0.1) is 6.61 Å². The number of aliphatic hydroxyl groups is 1. The highest BCUT2D eigenvalue weighted by molar-refractivity contribution is 5.64. The standard InChI is InChI=1S/C15H17NO2/c1-12-5-7-13(8-6-12)16(9-10-17)14-3-2-4-15(18)11-14/h2-8,11,17-18H,9-10H2,1H3. The van der Waals surface area contributed by atoms with Crippen molar-refractivity contribution in [3.63, 3.8) is 0 Å². The summed E-state index contributed by atoms with van der Waals surface area (Å²) in [7, 11) is 0. The monoisotopic (exact) mass is 243 g/mol. The number of hydrogen-bond donors (Lipinski definition) is 2. The first-order chi connectivity index (χ1) is 8.70. The van der Waals surface area contributed by atoms with Crippen LogP contribution in [0.5, 0.6) is 5.75 Å². The van der Waals surface area contributed by atoms with Gasteiger partial charge >= 0.3 is 0 Å². The zero-order chi connectivity index (χ0) is 13.0. The van der Waals surface area contributed by atoms with Crippen LogP contribution in [0.15, 0.2) is 48.5 Å². The van der Waals surface area contributed by atoms with Crippen LogP contribution in [0.2, 0.25) is 0 Å². The van der Waals surface area contributed by atoms with Crippen molar-refractivity contribution in [3.8, 4) is 5.75 Å². The highest BCUT2D eigenvalue weighted by Gasteiger charge is 2.08. The molecule has 0 aromatic heterocycles. The first-order valence-electron chi connectivity index (χ1n) is 5.95. The first kappa shape index (κ1) is 12.5. The van der Waals surface area contributed by atoms with Gasteiger partial charge in [0, 0.05) is 24.0 Å². The van der Waals surface area contributed by atoms with Crippen LogP contribution >= 0.6 is 0 Å². The van der Waals surface area contributed by atoms with Crippen molar-refractivity contribution in [3.05, 3.63) is 54.1 Å². The Hall–Kier alpha value is -2.00. The van der Waals surface area contributed by atoms with Crippen LogP contribution in [0, 0.1) is 6.92 Å². The van der Waals surface area contributed by atoms with Crippen molar-refractivity contribution in [2.24, 2.45) is 0 Å². The van der Waals surface area contributed by atoms with Crippen molar-refractivity contribution in [2.45, 2.75) is 6.92 Å². The van der Waals surface area contributed by atoms with Crippen LogP contribution in [0.4, 0.5) is 11.4 Å². The fourth-order valence-electron chi connectivity index (χ4n) is 1.89. The number of aromatic hydroxyl groups is 1. The van der Waals surface area contributed by atoms with Crippen LogP contribution in [0.3, 0.4) is 0 Å². The Bertz CT molecular complexity index is 508. The quantitative estimate of drug-likeness (QED) is 0.867. The molecule has 0 atom stereocenters. The number of phenols is 1. The topological polar surface area (TPSA) is 43.7 Å². The maximum Gasteiger partial charge on any atom is 0.117 e. The fraction of sp³-hybridized carbons (Fsp3) is 0.200. The Kier molecular flexibility index (Phi) is 3.85. The summed E-state index contributed by atoms with van der Waals surface area (Å²) < 4.78 is 0. The minimum absolute atomic E-state index is 0.0591. The molecule has 0 aliphatic rings. The third-order valence-electron chi connectivity index (χ3n) is 2.81. The fourth-order valence-corrected chi connectivity index (χ4v) is 1.89. The van der Waals surface area contributed by atoms with Crippen molar-refractivity contribution >= 4 is 11.4 Å². The molecule has 18 heavy (non-hydrogen) atoms. The number of nitrogens with zero attached hydrogens (tertiary/aromatic N) is 1. The van der Waals surface area contributed by atoms with E-state index >= 15 is 0 Å². The van der Waals surface area contributed by atoms with Gasteiger partial charge in [-0.15, -0.1) is 0 Å². The molecule has 0 saturated carbocycles. The van der Waals surface area contributed by atoms with Gasteiger partial charge in [0.1, 0.15) is 5.75 Å². The highest BCUT2D eigenvalue weighted by atomic mass is 16.3. The Morgan fingerprint density at radius 3 is 2.33 bits per heavy atom. The molecular weight excluding hydrogens is 226 g/mol. The Labute approximate surface area is 107 Å². The summed E-state index contributed by atoms with van der Waals surface area (Å²) in [6.45, 7) is 2.59. The average molecular weight is 243 g/mol. The van der Waals surface area contributed by atoms with E-state index in [0.717, 1.165) is 11.4 Å². The number of aliphatic hydroxyl groups excluding tert-OH is 1. The minimum atomic E-state index is 0.0591. The Balaban J connectivity index is 2.36. The van der Waals surface area contributed by atoms with Crippen LogP contribution in [-0.2, 0) is 0 Å². The number of benzene rings is 2. The van der Waals surface area contributed by atoms with Gasteiger partial charge in [-0.2, -0.15) is 0 Å². The van der Waals surface area contributed by atoms with E-state index in [1.54, 1.807) is 18.2 Å². The molecule has 2 aromatic rings. The smallest absolute Gasteiger partial charge is 0.117 e. The normalized spacial score (nSPS) is 10.3. The Morgan fingerprint density at radius 1 is 1.00 bits per heavy atom. The van der Waals surface area contributed by atoms with E-state index in [1.165, 1.54) is 5.56 Å². The molecule has 0 heterocycles. The predicted molar refractivity (Wildman–Crippen MR) is 73.4 cm³/mol. The van der Waals surface area contributed by atoms with Gasteiger partial charge in [-0.1, -0.05) is 23.8 Å². The van der Waals surface area contributed by atoms with E-state index in [1.807, 2.05) is 42.2 Å². The lowest BCUT2D eigenvalue weighted by atomic mass is 10.2. The average Bonchev–Trinajstić information content (AvgIpc) is 2.37. The van der Waals surface area contributed by atoms with Crippen molar-refractivity contribution in [1.29, 1.82) is 0 Å². The van der Waals surface area contributed by atoms with Gasteiger partial charge in [-0.25, -0.2) is 0 Å². The summed E-state index contributed by atoms with van der Waals surface area (Å²) in [4.78, 5) is 1.97. The molecule has 2 rings (SSSR count). The van der Waals surface area contributed by atoms with E-state index in [-0.39, 0.29) is 12.4 Å². The predicted octanol–water partition coefficient (Wildman–Crippen LogP) is 2.83. The molecule has 0 saturated heterocycles. The molecular formula is C15H17NO2. The van der Waals surface area contributed by atoms with E-state index in [0.29, 0.717) is 6.54 Å². The zero-order valence-electron chi connectivity index (χ0n) is 10.4. The number of phenolic OH excluding ortho intramolecular Hbond substituents is 1. The molecule has 0 spiro atoms. The number of hydrogen-bond acceptors (Lipinski definition) is 3. The summed E-state index contributed by atoms with van der Waals surface area (Å²) in [6.07, 6.45) is 0. The molecule has 2 N–H and O–H groups in total. The minimum Gasteiger partial charge on any atom is -0.508 e. The molecule has 3 heteroatoms. The molecule has 0 amide bonds. The van der Waals surface area contributed by atoms with Gasteiger partial charge in [0.2, 0.25) is 0 Å². The van der Waals surface area contributed by atoms with Gasteiger partial charge in [-0.3, -0.25) is 0 Å². The molecule has 0 unspecified atom stereocenters. The van der Waals surface area contributed by atoms with Crippen molar-refractivity contribution in [1.82, 2.24) is 0 Å².